The van der Waals surface area contributed by atoms with E-state index in [-0.39, 0.29) is 0 Å². The van der Waals surface area contributed by atoms with Gasteiger partial charge in [0.05, 0.1) is 5.69 Å². The van der Waals surface area contributed by atoms with E-state index in [4.69, 9.17) is 5.10 Å². The first-order chi connectivity index (χ1) is 10.2. The lowest BCUT2D eigenvalue weighted by Crippen LogP contribution is -2.24. The highest BCUT2D eigenvalue weighted by atomic mass is 32.1. The fourth-order valence-electron chi connectivity index (χ4n) is 2.47. The second-order valence-electron chi connectivity index (χ2n) is 5.77. The van der Waals surface area contributed by atoms with Gasteiger partial charge < -0.3 is 5.32 Å². The van der Waals surface area contributed by atoms with Gasteiger partial charge in [-0.3, -0.25) is 4.68 Å². The Morgan fingerprint density at radius 1 is 1.33 bits per heavy atom. The van der Waals surface area contributed by atoms with E-state index in [1.54, 1.807) is 11.3 Å². The zero-order valence-corrected chi connectivity index (χ0v) is 14.4. The zero-order valence-electron chi connectivity index (χ0n) is 13.6. The van der Waals surface area contributed by atoms with Gasteiger partial charge in [-0.1, -0.05) is 13.8 Å². The topological polar surface area (TPSA) is 29.9 Å². The van der Waals surface area contributed by atoms with Gasteiger partial charge >= 0.3 is 0 Å². The maximum atomic E-state index is 4.75. The fourth-order valence-corrected chi connectivity index (χ4v) is 3.37. The zero-order chi connectivity index (χ0) is 15.2. The smallest absolute Gasteiger partial charge is 0.0643 e. The molecule has 0 aliphatic carbocycles. The molecule has 3 nitrogen and oxygen atoms in total. The summed E-state index contributed by atoms with van der Waals surface area (Å²) in [4.78, 5) is 0. The average Bonchev–Trinajstić information content (AvgIpc) is 3.11. The van der Waals surface area contributed by atoms with Gasteiger partial charge in [-0.25, -0.2) is 0 Å². The lowest BCUT2D eigenvalue weighted by molar-refractivity contribution is 0.465. The molecule has 0 bridgehead atoms. The first kappa shape index (κ1) is 16.2. The molecule has 2 rings (SSSR count). The molecule has 0 aromatic carbocycles. The molecule has 2 unspecified atom stereocenters. The Morgan fingerprint density at radius 2 is 2.14 bits per heavy atom. The molecular weight excluding hydrogens is 278 g/mol. The molecule has 2 aromatic heterocycles. The molecule has 2 atom stereocenters. The van der Waals surface area contributed by atoms with Crippen LogP contribution in [0.4, 0.5) is 0 Å². The SMILES string of the molecule is CCCNC(Cc1ccn(C(C)CC)n1)c1cscc1C. The van der Waals surface area contributed by atoms with Crippen molar-refractivity contribution in [2.75, 3.05) is 6.54 Å². The summed E-state index contributed by atoms with van der Waals surface area (Å²) in [5.74, 6) is 0. The minimum Gasteiger partial charge on any atom is -0.310 e. The summed E-state index contributed by atoms with van der Waals surface area (Å²) in [5, 5.41) is 12.9. The van der Waals surface area contributed by atoms with Crippen LogP contribution in [0.15, 0.2) is 23.0 Å². The van der Waals surface area contributed by atoms with E-state index in [1.165, 1.54) is 16.8 Å². The number of nitrogens with one attached hydrogen (secondary N) is 1. The molecule has 2 heterocycles. The van der Waals surface area contributed by atoms with Crippen molar-refractivity contribution < 1.29 is 0 Å². The van der Waals surface area contributed by atoms with E-state index in [1.807, 2.05) is 0 Å². The summed E-state index contributed by atoms with van der Waals surface area (Å²) < 4.78 is 2.09. The average molecular weight is 305 g/mol. The maximum Gasteiger partial charge on any atom is 0.0643 e. The van der Waals surface area contributed by atoms with Crippen molar-refractivity contribution >= 4 is 11.3 Å². The Balaban J connectivity index is 2.11. The highest BCUT2D eigenvalue weighted by Gasteiger charge is 2.16. The van der Waals surface area contributed by atoms with Gasteiger partial charge in [0.1, 0.15) is 0 Å². The summed E-state index contributed by atoms with van der Waals surface area (Å²) >= 11 is 1.79. The molecule has 0 saturated carbocycles. The van der Waals surface area contributed by atoms with Gasteiger partial charge in [0.2, 0.25) is 0 Å². The number of aryl methyl sites for hydroxylation is 1. The molecule has 4 heteroatoms. The third-order valence-electron chi connectivity index (χ3n) is 4.03. The summed E-state index contributed by atoms with van der Waals surface area (Å²) in [6.07, 6.45) is 5.34. The third kappa shape index (κ3) is 4.17. The predicted molar refractivity (Wildman–Crippen MR) is 91.0 cm³/mol. The number of rotatable bonds is 8. The predicted octanol–water partition coefficient (Wildman–Crippen LogP) is 4.51. The Labute approximate surface area is 132 Å². The normalized spacial score (nSPS) is 14.3. The second kappa shape index (κ2) is 7.76. The molecule has 0 amide bonds. The first-order valence-electron chi connectivity index (χ1n) is 7.95. The summed E-state index contributed by atoms with van der Waals surface area (Å²) in [5.41, 5.74) is 3.98. The van der Waals surface area contributed by atoms with Crippen LogP contribution in [0.1, 0.15) is 62.5 Å². The highest BCUT2D eigenvalue weighted by molar-refractivity contribution is 7.08. The van der Waals surface area contributed by atoms with Crippen LogP contribution in [0.25, 0.3) is 0 Å². The number of hydrogen-bond acceptors (Lipinski definition) is 3. The summed E-state index contributed by atoms with van der Waals surface area (Å²) in [7, 11) is 0. The first-order valence-corrected chi connectivity index (χ1v) is 8.90. The van der Waals surface area contributed by atoms with Gasteiger partial charge in [-0.05, 0) is 61.2 Å². The van der Waals surface area contributed by atoms with E-state index in [0.717, 1.165) is 25.8 Å². The van der Waals surface area contributed by atoms with Crippen molar-refractivity contribution in [3.63, 3.8) is 0 Å². The Hall–Kier alpha value is -1.13. The third-order valence-corrected chi connectivity index (χ3v) is 4.91. The number of hydrogen-bond donors (Lipinski definition) is 1. The monoisotopic (exact) mass is 305 g/mol. The number of thiophene rings is 1. The highest BCUT2D eigenvalue weighted by Crippen LogP contribution is 2.25. The van der Waals surface area contributed by atoms with Crippen LogP contribution < -0.4 is 5.32 Å². The van der Waals surface area contributed by atoms with Crippen molar-refractivity contribution in [2.45, 2.75) is 59.0 Å². The lowest BCUT2D eigenvalue weighted by atomic mass is 10.0. The Morgan fingerprint density at radius 3 is 2.76 bits per heavy atom. The largest absolute Gasteiger partial charge is 0.310 e. The van der Waals surface area contributed by atoms with Gasteiger partial charge in [-0.15, -0.1) is 0 Å². The quantitative estimate of drug-likeness (QED) is 0.778. The molecular formula is C17H27N3S. The van der Waals surface area contributed by atoms with Gasteiger partial charge in [-0.2, -0.15) is 16.4 Å². The number of aromatic nitrogens is 2. The van der Waals surface area contributed by atoms with Crippen LogP contribution >= 0.6 is 11.3 Å². The van der Waals surface area contributed by atoms with E-state index in [9.17, 15) is 0 Å². The Bertz CT molecular complexity index is 544. The fraction of sp³-hybridized carbons (Fsp3) is 0.588. The molecule has 1 N–H and O–H groups in total. The second-order valence-corrected chi connectivity index (χ2v) is 6.51. The van der Waals surface area contributed by atoms with E-state index >= 15 is 0 Å². The summed E-state index contributed by atoms with van der Waals surface area (Å²) in [6.45, 7) is 9.87. The van der Waals surface area contributed by atoms with Gasteiger partial charge in [0.15, 0.2) is 0 Å². The van der Waals surface area contributed by atoms with Crippen LogP contribution in [0.5, 0.6) is 0 Å². The van der Waals surface area contributed by atoms with E-state index in [2.05, 4.69) is 60.7 Å². The Kier molecular flexibility index (Phi) is 6.00. The molecule has 0 spiro atoms. The van der Waals surface area contributed by atoms with Crippen LogP contribution in [-0.4, -0.2) is 16.3 Å². The maximum absolute atomic E-state index is 4.75. The molecule has 0 fully saturated rings. The van der Waals surface area contributed by atoms with Crippen molar-refractivity contribution in [2.24, 2.45) is 0 Å². The molecule has 0 aliphatic rings. The van der Waals surface area contributed by atoms with Crippen LogP contribution in [0.2, 0.25) is 0 Å². The molecule has 0 saturated heterocycles. The summed E-state index contributed by atoms with van der Waals surface area (Å²) in [6, 6.07) is 3.01. The van der Waals surface area contributed by atoms with Gasteiger partial charge in [0.25, 0.3) is 0 Å². The molecule has 21 heavy (non-hydrogen) atoms. The minimum atomic E-state index is 0.372. The van der Waals surface area contributed by atoms with E-state index in [0.29, 0.717) is 12.1 Å². The molecule has 2 aromatic rings. The molecule has 0 aliphatic heterocycles. The molecule has 116 valence electrons. The van der Waals surface area contributed by atoms with Crippen molar-refractivity contribution in [1.29, 1.82) is 0 Å². The minimum absolute atomic E-state index is 0.372. The molecule has 0 radical (unpaired) electrons. The van der Waals surface area contributed by atoms with Crippen molar-refractivity contribution in [3.8, 4) is 0 Å². The van der Waals surface area contributed by atoms with E-state index < -0.39 is 0 Å². The van der Waals surface area contributed by atoms with Crippen molar-refractivity contribution in [3.05, 3.63) is 39.8 Å². The number of nitrogens with zero attached hydrogens (tertiary/aromatic N) is 2. The standard InChI is InChI=1S/C17H27N3S/c1-5-8-18-17(16-12-21-11-13(16)3)10-15-7-9-20(19-15)14(4)6-2/h7,9,11-12,14,17-18H,5-6,8,10H2,1-4H3. The van der Waals surface area contributed by atoms with Crippen LogP contribution in [-0.2, 0) is 6.42 Å². The van der Waals surface area contributed by atoms with Crippen molar-refractivity contribution in [1.82, 2.24) is 15.1 Å². The lowest BCUT2D eigenvalue weighted by Gasteiger charge is -2.18. The van der Waals surface area contributed by atoms with Crippen LogP contribution in [0, 0.1) is 6.92 Å². The van der Waals surface area contributed by atoms with Gasteiger partial charge in [0, 0.05) is 24.7 Å². The van der Waals surface area contributed by atoms with Crippen LogP contribution in [0.3, 0.4) is 0 Å².